The second-order valence-electron chi connectivity index (χ2n) is 8.24. The minimum Gasteiger partial charge on any atom is -0.489 e. The van der Waals surface area contributed by atoms with Crippen LogP contribution in [0.2, 0.25) is 0 Å². The molecule has 0 radical (unpaired) electrons. The van der Waals surface area contributed by atoms with Gasteiger partial charge in [-0.15, -0.1) is 0 Å². The molecule has 33 heavy (non-hydrogen) atoms. The highest BCUT2D eigenvalue weighted by molar-refractivity contribution is 6.00. The van der Waals surface area contributed by atoms with Gasteiger partial charge >= 0.3 is 6.03 Å². The largest absolute Gasteiger partial charge is 0.489 e. The van der Waals surface area contributed by atoms with E-state index in [9.17, 15) is 14.9 Å². The smallest absolute Gasteiger partial charge is 0.328 e. The molecule has 1 aliphatic rings. The maximum atomic E-state index is 12.8. The minimum absolute atomic E-state index is 0.138. The summed E-state index contributed by atoms with van der Waals surface area (Å²) in [6.45, 7) is 8.15. The third-order valence-corrected chi connectivity index (χ3v) is 5.33. The van der Waals surface area contributed by atoms with Crippen LogP contribution in [-0.4, -0.2) is 78.5 Å². The molecule has 0 saturated carbocycles. The lowest BCUT2D eigenvalue weighted by atomic mass is 10.1. The van der Waals surface area contributed by atoms with E-state index >= 15 is 0 Å². The van der Waals surface area contributed by atoms with E-state index in [4.69, 9.17) is 4.74 Å². The van der Waals surface area contributed by atoms with Crippen LogP contribution < -0.4 is 15.0 Å². The van der Waals surface area contributed by atoms with Gasteiger partial charge in [-0.2, -0.15) is 5.26 Å². The molecule has 1 N–H and O–H groups in total. The van der Waals surface area contributed by atoms with E-state index in [1.54, 1.807) is 13.1 Å². The Morgan fingerprint density at radius 3 is 2.70 bits per heavy atom. The lowest BCUT2D eigenvalue weighted by Crippen LogP contribution is -2.44. The molecule has 2 aromatic rings. The maximum absolute atomic E-state index is 12.8. The Bertz CT molecular complexity index is 1040. The first-order valence-corrected chi connectivity index (χ1v) is 10.8. The van der Waals surface area contributed by atoms with Gasteiger partial charge < -0.3 is 9.64 Å². The lowest BCUT2D eigenvalue weighted by Gasteiger charge is -2.32. The zero-order valence-corrected chi connectivity index (χ0v) is 19.4. The van der Waals surface area contributed by atoms with Gasteiger partial charge in [0.05, 0.1) is 12.3 Å². The van der Waals surface area contributed by atoms with Crippen LogP contribution in [0.1, 0.15) is 35.5 Å². The Balaban J connectivity index is 1.71. The van der Waals surface area contributed by atoms with Gasteiger partial charge in [-0.1, -0.05) is 6.07 Å². The van der Waals surface area contributed by atoms with Gasteiger partial charge in [-0.25, -0.2) is 14.8 Å². The van der Waals surface area contributed by atoms with Gasteiger partial charge in [0.15, 0.2) is 6.29 Å². The molecular weight excluding hydrogens is 422 g/mol. The Kier molecular flexibility index (Phi) is 7.92. The summed E-state index contributed by atoms with van der Waals surface area (Å²) >= 11 is 0. The molecule has 2 amide bonds. The summed E-state index contributed by atoms with van der Waals surface area (Å²) in [6.07, 6.45) is 1.93. The van der Waals surface area contributed by atoms with Crippen molar-refractivity contribution in [1.29, 1.82) is 5.26 Å². The normalized spacial score (nSPS) is 14.5. The summed E-state index contributed by atoms with van der Waals surface area (Å²) in [6, 6.07) is 6.60. The molecule has 0 unspecified atom stereocenters. The monoisotopic (exact) mass is 451 g/mol. The molecule has 0 aromatic carbocycles. The number of carbonyl (C=O) groups is 2. The number of anilines is 2. The molecule has 3 heterocycles. The van der Waals surface area contributed by atoms with Gasteiger partial charge in [0.2, 0.25) is 0 Å². The standard InChI is InChI=1S/C23H29N7O3/c1-16(2)33-20-11-21(25-13-18(20)12-24)27-23(32)29(4)22-6-5-17(19(15-31)26-22)14-30-9-7-28(3)8-10-30/h5-6,11,13,15-16H,7-10,14H2,1-4H3,(H,25,27,32). The van der Waals surface area contributed by atoms with Crippen molar-refractivity contribution < 1.29 is 14.3 Å². The molecule has 2 aromatic heterocycles. The second-order valence-corrected chi connectivity index (χ2v) is 8.24. The van der Waals surface area contributed by atoms with Crippen LogP contribution in [0.3, 0.4) is 0 Å². The average molecular weight is 452 g/mol. The van der Waals surface area contributed by atoms with E-state index in [1.165, 1.54) is 17.2 Å². The Labute approximate surface area is 193 Å². The van der Waals surface area contributed by atoms with Gasteiger partial charge in [0, 0.05) is 45.8 Å². The van der Waals surface area contributed by atoms with Crippen molar-refractivity contribution in [3.05, 3.63) is 41.2 Å². The molecule has 0 spiro atoms. The SMILES string of the molecule is CC(C)Oc1cc(NC(=O)N(C)c2ccc(CN3CCN(C)CC3)c(C=O)n2)ncc1C#N. The number of carbonyl (C=O) groups excluding carboxylic acids is 2. The third kappa shape index (κ3) is 6.25. The number of aldehydes is 1. The predicted molar refractivity (Wildman–Crippen MR) is 125 cm³/mol. The summed E-state index contributed by atoms with van der Waals surface area (Å²) in [7, 11) is 3.65. The summed E-state index contributed by atoms with van der Waals surface area (Å²) in [5.74, 6) is 0.919. The minimum atomic E-state index is -0.487. The van der Waals surface area contributed by atoms with E-state index in [2.05, 4.69) is 32.1 Å². The molecular formula is C23H29N7O3. The Morgan fingerprint density at radius 2 is 2.06 bits per heavy atom. The zero-order chi connectivity index (χ0) is 24.0. The topological polar surface area (TPSA) is 115 Å². The number of nitriles is 1. The quantitative estimate of drug-likeness (QED) is 0.638. The predicted octanol–water partition coefficient (Wildman–Crippen LogP) is 2.36. The molecule has 10 heteroatoms. The number of likely N-dealkylation sites (N-methyl/N-ethyl adjacent to an activating group) is 1. The van der Waals surface area contributed by atoms with Crippen LogP contribution in [0.5, 0.6) is 5.75 Å². The average Bonchev–Trinajstić information content (AvgIpc) is 2.80. The molecule has 174 valence electrons. The van der Waals surface area contributed by atoms with Crippen molar-refractivity contribution in [3.63, 3.8) is 0 Å². The Morgan fingerprint density at radius 1 is 1.33 bits per heavy atom. The first-order valence-electron chi connectivity index (χ1n) is 10.8. The molecule has 0 aliphatic carbocycles. The number of hydrogen-bond acceptors (Lipinski definition) is 8. The number of urea groups is 1. The van der Waals surface area contributed by atoms with Crippen LogP contribution in [-0.2, 0) is 6.54 Å². The van der Waals surface area contributed by atoms with Gasteiger partial charge in [-0.05, 0) is 32.5 Å². The molecule has 0 bridgehead atoms. The van der Waals surface area contributed by atoms with Crippen molar-refractivity contribution in [2.45, 2.75) is 26.5 Å². The number of pyridine rings is 2. The fraction of sp³-hybridized carbons (Fsp3) is 0.435. The second kappa shape index (κ2) is 10.8. The lowest BCUT2D eigenvalue weighted by molar-refractivity contribution is 0.111. The van der Waals surface area contributed by atoms with Crippen LogP contribution in [0.4, 0.5) is 16.4 Å². The molecule has 1 aliphatic heterocycles. The van der Waals surface area contributed by atoms with E-state index < -0.39 is 6.03 Å². The van der Waals surface area contributed by atoms with Crippen molar-refractivity contribution in [3.8, 4) is 11.8 Å². The highest BCUT2D eigenvalue weighted by Gasteiger charge is 2.19. The summed E-state index contributed by atoms with van der Waals surface area (Å²) in [4.78, 5) is 38.8. The van der Waals surface area contributed by atoms with Crippen LogP contribution in [0, 0.1) is 11.3 Å². The molecule has 0 atom stereocenters. The van der Waals surface area contributed by atoms with Crippen LogP contribution >= 0.6 is 0 Å². The van der Waals surface area contributed by atoms with E-state index in [0.717, 1.165) is 38.0 Å². The van der Waals surface area contributed by atoms with Crippen molar-refractivity contribution >= 4 is 24.0 Å². The first kappa shape index (κ1) is 24.1. The van der Waals surface area contributed by atoms with Crippen LogP contribution in [0.25, 0.3) is 0 Å². The molecule has 10 nitrogen and oxygen atoms in total. The number of hydrogen-bond donors (Lipinski definition) is 1. The van der Waals surface area contributed by atoms with Gasteiger partial charge in [-0.3, -0.25) is 19.9 Å². The number of nitrogens with one attached hydrogen (secondary N) is 1. The van der Waals surface area contributed by atoms with Crippen LogP contribution in [0.15, 0.2) is 24.4 Å². The first-order chi connectivity index (χ1) is 15.8. The third-order valence-electron chi connectivity index (χ3n) is 5.33. The van der Waals surface area contributed by atoms with E-state index in [1.807, 2.05) is 26.0 Å². The van der Waals surface area contributed by atoms with E-state index in [0.29, 0.717) is 23.8 Å². The highest BCUT2D eigenvalue weighted by atomic mass is 16.5. The fourth-order valence-corrected chi connectivity index (χ4v) is 3.40. The fourth-order valence-electron chi connectivity index (χ4n) is 3.40. The number of amides is 2. The highest BCUT2D eigenvalue weighted by Crippen LogP contribution is 2.23. The summed E-state index contributed by atoms with van der Waals surface area (Å²) in [5.41, 5.74) is 1.43. The summed E-state index contributed by atoms with van der Waals surface area (Å²) in [5, 5.41) is 11.9. The Hall–Kier alpha value is -3.55. The van der Waals surface area contributed by atoms with Crippen molar-refractivity contribution in [1.82, 2.24) is 19.8 Å². The van der Waals surface area contributed by atoms with E-state index in [-0.39, 0.29) is 17.5 Å². The number of rotatable bonds is 7. The zero-order valence-electron chi connectivity index (χ0n) is 19.4. The molecule has 1 fully saturated rings. The molecule has 1 saturated heterocycles. The maximum Gasteiger partial charge on any atom is 0.328 e. The number of ether oxygens (including phenoxy) is 1. The number of nitrogens with zero attached hydrogens (tertiary/aromatic N) is 6. The van der Waals surface area contributed by atoms with Gasteiger partial charge in [0.25, 0.3) is 0 Å². The molecule has 3 rings (SSSR count). The van der Waals surface area contributed by atoms with Crippen molar-refractivity contribution in [2.75, 3.05) is 50.5 Å². The van der Waals surface area contributed by atoms with Crippen molar-refractivity contribution in [2.24, 2.45) is 0 Å². The van der Waals surface area contributed by atoms with Gasteiger partial charge in [0.1, 0.15) is 34.7 Å². The summed E-state index contributed by atoms with van der Waals surface area (Å²) < 4.78 is 5.63. The number of piperazine rings is 1. The number of aromatic nitrogens is 2.